The van der Waals surface area contributed by atoms with Gasteiger partial charge in [0.1, 0.15) is 35.1 Å². The van der Waals surface area contributed by atoms with Gasteiger partial charge in [-0.1, -0.05) is 12.1 Å². The summed E-state index contributed by atoms with van der Waals surface area (Å²) in [6.45, 7) is 6.38. The molecule has 3 amide bonds. The van der Waals surface area contributed by atoms with Crippen molar-refractivity contribution in [3.05, 3.63) is 59.9 Å². The third kappa shape index (κ3) is 7.18. The van der Waals surface area contributed by atoms with Crippen LogP contribution in [-0.4, -0.2) is 84.0 Å². The van der Waals surface area contributed by atoms with E-state index in [9.17, 15) is 19.1 Å². The molecule has 2 saturated heterocycles. The second-order valence-corrected chi connectivity index (χ2v) is 10.1. The second kappa shape index (κ2) is 11.5. The molecule has 1 atom stereocenters. The molecule has 200 valence electrons. The number of carbonyl (C=O) groups excluding carboxylic acids is 2. The average molecular weight is 516 g/mol. The molecule has 37 heavy (non-hydrogen) atoms. The van der Waals surface area contributed by atoms with E-state index >= 15 is 0 Å². The predicted octanol–water partition coefficient (Wildman–Crippen LogP) is 2.57. The Bertz CT molecular complexity index is 1080. The van der Waals surface area contributed by atoms with E-state index in [1.807, 2.05) is 24.3 Å². The first-order valence-electron chi connectivity index (χ1n) is 12.4. The Balaban J connectivity index is 1.23. The van der Waals surface area contributed by atoms with Gasteiger partial charge in [0.25, 0.3) is 5.91 Å². The fourth-order valence-corrected chi connectivity index (χ4v) is 4.35. The van der Waals surface area contributed by atoms with Crippen molar-refractivity contribution in [2.45, 2.75) is 38.0 Å². The van der Waals surface area contributed by atoms with E-state index in [1.165, 1.54) is 29.2 Å². The molecule has 4 rings (SSSR count). The molecule has 2 aliphatic rings. The highest BCUT2D eigenvalue weighted by Crippen LogP contribution is 2.21. The highest BCUT2D eigenvalue weighted by atomic mass is 19.1. The van der Waals surface area contributed by atoms with Crippen molar-refractivity contribution >= 4 is 11.9 Å². The van der Waals surface area contributed by atoms with Gasteiger partial charge in [-0.2, -0.15) is 0 Å². The highest BCUT2D eigenvalue weighted by molar-refractivity contribution is 6.06. The molecule has 0 aromatic heterocycles. The molecule has 2 aromatic rings. The standard InChI is InChI=1S/C27H34FN3O6/c1-26(2)24(32)31(25(33)29-26)12-3-14-36-22-8-4-20(5-9-22)16-30-13-15-35-18-27(34,17-30)19-37-23-10-6-21(28)7-11-23/h4-11,34H,3,12-19H2,1-2H3,(H,29,33). The summed E-state index contributed by atoms with van der Waals surface area (Å²) in [7, 11) is 0. The first-order valence-corrected chi connectivity index (χ1v) is 12.4. The first-order chi connectivity index (χ1) is 17.6. The highest BCUT2D eigenvalue weighted by Gasteiger charge is 2.43. The SMILES string of the molecule is CC1(C)NC(=O)N(CCCOc2ccc(CN3CCOCC(O)(COc4ccc(F)cc4)C3)cc2)C1=O. The monoisotopic (exact) mass is 515 g/mol. The summed E-state index contributed by atoms with van der Waals surface area (Å²) in [6, 6.07) is 13.0. The van der Waals surface area contributed by atoms with Crippen molar-refractivity contribution in [1.29, 1.82) is 0 Å². The van der Waals surface area contributed by atoms with Crippen LogP contribution in [-0.2, 0) is 16.1 Å². The van der Waals surface area contributed by atoms with Crippen LogP contribution in [0.3, 0.4) is 0 Å². The molecule has 0 bridgehead atoms. The molecule has 0 radical (unpaired) electrons. The Morgan fingerprint density at radius 1 is 1.05 bits per heavy atom. The fourth-order valence-electron chi connectivity index (χ4n) is 4.35. The van der Waals surface area contributed by atoms with Gasteiger partial charge in [-0.25, -0.2) is 9.18 Å². The summed E-state index contributed by atoms with van der Waals surface area (Å²) in [5.74, 6) is 0.614. The fraction of sp³-hybridized carbons (Fsp3) is 0.481. The van der Waals surface area contributed by atoms with Crippen molar-refractivity contribution < 1.29 is 33.3 Å². The summed E-state index contributed by atoms with van der Waals surface area (Å²) < 4.78 is 30.2. The van der Waals surface area contributed by atoms with E-state index in [4.69, 9.17) is 14.2 Å². The average Bonchev–Trinajstić information content (AvgIpc) is 2.97. The number of benzene rings is 2. The van der Waals surface area contributed by atoms with Crippen LogP contribution in [0.1, 0.15) is 25.8 Å². The largest absolute Gasteiger partial charge is 0.494 e. The van der Waals surface area contributed by atoms with Crippen molar-refractivity contribution in [3.8, 4) is 11.5 Å². The van der Waals surface area contributed by atoms with E-state index in [2.05, 4.69) is 10.2 Å². The van der Waals surface area contributed by atoms with Crippen LogP contribution in [0.5, 0.6) is 11.5 Å². The Kier molecular flexibility index (Phi) is 8.31. The number of nitrogens with one attached hydrogen (secondary N) is 1. The number of hydrogen-bond donors (Lipinski definition) is 2. The molecule has 0 saturated carbocycles. The van der Waals surface area contributed by atoms with Crippen molar-refractivity contribution in [1.82, 2.24) is 15.1 Å². The van der Waals surface area contributed by atoms with Crippen LogP contribution in [0, 0.1) is 5.82 Å². The molecule has 10 heteroatoms. The minimum absolute atomic E-state index is 0.0318. The van der Waals surface area contributed by atoms with E-state index in [1.54, 1.807) is 13.8 Å². The van der Waals surface area contributed by atoms with Crippen LogP contribution >= 0.6 is 0 Å². The van der Waals surface area contributed by atoms with E-state index in [0.717, 1.165) is 5.56 Å². The molecule has 2 N–H and O–H groups in total. The van der Waals surface area contributed by atoms with Gasteiger partial charge < -0.3 is 24.6 Å². The van der Waals surface area contributed by atoms with Gasteiger partial charge in [0.15, 0.2) is 0 Å². The normalized spacial score (nSPS) is 22.0. The quantitative estimate of drug-likeness (QED) is 0.371. The third-order valence-corrected chi connectivity index (χ3v) is 6.33. The van der Waals surface area contributed by atoms with Crippen LogP contribution in [0.4, 0.5) is 9.18 Å². The summed E-state index contributed by atoms with van der Waals surface area (Å²) in [5.41, 5.74) is -1.01. The second-order valence-electron chi connectivity index (χ2n) is 10.1. The zero-order chi connectivity index (χ0) is 26.5. The molecule has 2 aromatic carbocycles. The maximum absolute atomic E-state index is 13.1. The predicted molar refractivity (Wildman–Crippen MR) is 134 cm³/mol. The number of imide groups is 1. The van der Waals surface area contributed by atoms with Gasteiger partial charge in [0, 0.05) is 26.2 Å². The Morgan fingerprint density at radius 2 is 1.73 bits per heavy atom. The van der Waals surface area contributed by atoms with Crippen molar-refractivity contribution in [2.75, 3.05) is 46.1 Å². The van der Waals surface area contributed by atoms with E-state index in [-0.39, 0.29) is 31.0 Å². The molecule has 2 aliphatic heterocycles. The lowest BCUT2D eigenvalue weighted by molar-refractivity contribution is -0.130. The lowest BCUT2D eigenvalue weighted by atomic mass is 10.1. The molecule has 0 aliphatic carbocycles. The molecule has 2 fully saturated rings. The topological polar surface area (TPSA) is 101 Å². The number of aliphatic hydroxyl groups is 1. The number of β-amino-alcohol motifs (C(OH)–C–C–N with tert-alkyl or cyclic N) is 1. The molecule has 0 spiro atoms. The maximum Gasteiger partial charge on any atom is 0.325 e. The number of hydrogen-bond acceptors (Lipinski definition) is 7. The minimum Gasteiger partial charge on any atom is -0.494 e. The van der Waals surface area contributed by atoms with E-state index in [0.29, 0.717) is 57.3 Å². The van der Waals surface area contributed by atoms with Crippen LogP contribution in [0.2, 0.25) is 0 Å². The smallest absolute Gasteiger partial charge is 0.325 e. The Labute approximate surface area is 216 Å². The number of carbonyl (C=O) groups is 2. The molecule has 2 heterocycles. The van der Waals surface area contributed by atoms with Gasteiger partial charge in [0.05, 0.1) is 19.8 Å². The number of ether oxygens (including phenoxy) is 3. The van der Waals surface area contributed by atoms with Gasteiger partial charge >= 0.3 is 6.03 Å². The zero-order valence-electron chi connectivity index (χ0n) is 21.2. The van der Waals surface area contributed by atoms with Crippen molar-refractivity contribution in [3.63, 3.8) is 0 Å². The van der Waals surface area contributed by atoms with Gasteiger partial charge in [-0.05, 0) is 62.2 Å². The number of nitrogens with zero attached hydrogens (tertiary/aromatic N) is 2. The lowest BCUT2D eigenvalue weighted by Gasteiger charge is -2.30. The number of halogens is 1. The lowest BCUT2D eigenvalue weighted by Crippen LogP contribution is -2.48. The Hall–Kier alpha value is -3.21. The number of urea groups is 1. The number of rotatable bonds is 10. The minimum atomic E-state index is -1.20. The number of amides is 3. The van der Waals surface area contributed by atoms with Crippen LogP contribution in [0.15, 0.2) is 48.5 Å². The summed E-state index contributed by atoms with van der Waals surface area (Å²) >= 11 is 0. The summed E-state index contributed by atoms with van der Waals surface area (Å²) in [4.78, 5) is 27.5. The Morgan fingerprint density at radius 3 is 2.41 bits per heavy atom. The third-order valence-electron chi connectivity index (χ3n) is 6.33. The maximum atomic E-state index is 13.1. The zero-order valence-corrected chi connectivity index (χ0v) is 21.2. The van der Waals surface area contributed by atoms with Gasteiger partial charge in [0.2, 0.25) is 0 Å². The molecular formula is C27H34FN3O6. The van der Waals surface area contributed by atoms with E-state index < -0.39 is 11.1 Å². The molecule has 1 unspecified atom stereocenters. The van der Waals surface area contributed by atoms with Gasteiger partial charge in [-0.15, -0.1) is 0 Å². The van der Waals surface area contributed by atoms with Gasteiger partial charge in [-0.3, -0.25) is 14.6 Å². The molecule has 9 nitrogen and oxygen atoms in total. The summed E-state index contributed by atoms with van der Waals surface area (Å²) in [5, 5.41) is 13.8. The van der Waals surface area contributed by atoms with Crippen LogP contribution in [0.25, 0.3) is 0 Å². The first kappa shape index (κ1) is 26.8. The van der Waals surface area contributed by atoms with Crippen molar-refractivity contribution in [2.24, 2.45) is 0 Å². The molecular weight excluding hydrogens is 481 g/mol. The summed E-state index contributed by atoms with van der Waals surface area (Å²) in [6.07, 6.45) is 0.531. The van der Waals surface area contributed by atoms with Crippen LogP contribution < -0.4 is 14.8 Å².